The van der Waals surface area contributed by atoms with E-state index in [4.69, 9.17) is 0 Å². The van der Waals surface area contributed by atoms with Gasteiger partial charge in [-0.3, -0.25) is 0 Å². The van der Waals surface area contributed by atoms with Crippen molar-refractivity contribution in [3.63, 3.8) is 0 Å². The summed E-state index contributed by atoms with van der Waals surface area (Å²) in [4.78, 5) is 0. The van der Waals surface area contributed by atoms with Crippen LogP contribution in [0.15, 0.2) is 146 Å². The maximum Gasteiger partial charge on any atom is 0.115 e. The third-order valence-electron chi connectivity index (χ3n) is 9.72. The van der Waals surface area contributed by atoms with Gasteiger partial charge in [-0.15, -0.1) is 0 Å². The lowest BCUT2D eigenvalue weighted by atomic mass is 9.62. The molecule has 0 atom stereocenters. The Kier molecular flexibility index (Phi) is 5.42. The Morgan fingerprint density at radius 3 is 0.881 bits per heavy atom. The molecule has 2 heteroatoms. The van der Waals surface area contributed by atoms with E-state index in [0.29, 0.717) is 0 Å². The SMILES string of the molecule is Oc1ccc(C2(CCC3(c4ccc(O)cc4)c4ccccc4-c4ccccc43)c3ccccc3-c3ccccc32)cc1. The molecule has 0 spiro atoms. The zero-order valence-corrected chi connectivity index (χ0v) is 23.2. The Morgan fingerprint density at radius 2 is 0.595 bits per heavy atom. The van der Waals surface area contributed by atoms with Gasteiger partial charge in [0.05, 0.1) is 0 Å². The molecule has 2 nitrogen and oxygen atoms in total. The molecule has 0 saturated carbocycles. The third-order valence-corrected chi connectivity index (χ3v) is 9.72. The van der Waals surface area contributed by atoms with Crippen molar-refractivity contribution in [2.45, 2.75) is 23.7 Å². The van der Waals surface area contributed by atoms with E-state index in [-0.39, 0.29) is 11.5 Å². The van der Waals surface area contributed by atoms with E-state index in [0.717, 1.165) is 12.8 Å². The van der Waals surface area contributed by atoms with Gasteiger partial charge in [-0.1, -0.05) is 121 Å². The third kappa shape index (κ3) is 3.33. The molecule has 0 aromatic heterocycles. The number of aromatic hydroxyl groups is 2. The second kappa shape index (κ2) is 9.22. The number of hydrogen-bond acceptors (Lipinski definition) is 2. The molecule has 0 bridgehead atoms. The zero-order chi connectivity index (χ0) is 28.3. The molecule has 0 amide bonds. The number of phenolic OH excluding ortho intramolecular Hbond substituents is 2. The summed E-state index contributed by atoms with van der Waals surface area (Å²) >= 11 is 0. The van der Waals surface area contributed by atoms with Gasteiger partial charge in [0.15, 0.2) is 0 Å². The minimum Gasteiger partial charge on any atom is -0.508 e. The van der Waals surface area contributed by atoms with E-state index in [9.17, 15) is 10.2 Å². The van der Waals surface area contributed by atoms with E-state index in [1.54, 1.807) is 0 Å². The number of benzene rings is 6. The van der Waals surface area contributed by atoms with Gasteiger partial charge < -0.3 is 10.2 Å². The van der Waals surface area contributed by atoms with Crippen LogP contribution >= 0.6 is 0 Å². The molecule has 6 aromatic rings. The number of fused-ring (bicyclic) bond motifs is 6. The minimum atomic E-state index is -0.405. The van der Waals surface area contributed by atoms with Gasteiger partial charge in [-0.05, 0) is 92.7 Å². The predicted molar refractivity (Wildman–Crippen MR) is 169 cm³/mol. The summed E-state index contributed by atoms with van der Waals surface area (Å²) in [5, 5.41) is 20.6. The van der Waals surface area contributed by atoms with E-state index in [2.05, 4.69) is 121 Å². The molecule has 0 fully saturated rings. The minimum absolute atomic E-state index is 0.271. The molecule has 2 aliphatic carbocycles. The van der Waals surface area contributed by atoms with Crippen LogP contribution in [0.5, 0.6) is 11.5 Å². The van der Waals surface area contributed by atoms with Crippen molar-refractivity contribution in [1.29, 1.82) is 0 Å². The largest absolute Gasteiger partial charge is 0.508 e. The number of phenols is 2. The highest BCUT2D eigenvalue weighted by molar-refractivity contribution is 5.85. The molecule has 2 aliphatic rings. The molecule has 8 rings (SSSR count). The summed E-state index contributed by atoms with van der Waals surface area (Å²) < 4.78 is 0. The maximum absolute atomic E-state index is 10.3. The Labute approximate surface area is 246 Å². The van der Waals surface area contributed by atoms with Crippen LogP contribution in [-0.2, 0) is 10.8 Å². The summed E-state index contributed by atoms with van der Waals surface area (Å²) in [5.41, 5.74) is 11.8. The van der Waals surface area contributed by atoms with E-state index in [1.165, 1.54) is 55.6 Å². The first kappa shape index (κ1) is 24.7. The quantitative estimate of drug-likeness (QED) is 0.228. The van der Waals surface area contributed by atoms with Gasteiger partial charge in [0.1, 0.15) is 11.5 Å². The van der Waals surface area contributed by atoms with Crippen LogP contribution in [0.4, 0.5) is 0 Å². The normalized spacial score (nSPS) is 15.0. The first-order valence-corrected chi connectivity index (χ1v) is 14.6. The zero-order valence-electron chi connectivity index (χ0n) is 23.2. The molecule has 0 heterocycles. The fraction of sp³-hybridized carbons (Fsp3) is 0.100. The van der Waals surface area contributed by atoms with Crippen molar-refractivity contribution in [2.24, 2.45) is 0 Å². The van der Waals surface area contributed by atoms with Crippen LogP contribution in [-0.4, -0.2) is 10.2 Å². The van der Waals surface area contributed by atoms with Crippen molar-refractivity contribution in [2.75, 3.05) is 0 Å². The van der Waals surface area contributed by atoms with E-state index >= 15 is 0 Å². The van der Waals surface area contributed by atoms with E-state index in [1.807, 2.05) is 24.3 Å². The van der Waals surface area contributed by atoms with Crippen LogP contribution in [0, 0.1) is 0 Å². The Hall–Kier alpha value is -5.08. The predicted octanol–water partition coefficient (Wildman–Crippen LogP) is 9.21. The van der Waals surface area contributed by atoms with Gasteiger partial charge >= 0.3 is 0 Å². The van der Waals surface area contributed by atoms with E-state index < -0.39 is 10.8 Å². The highest BCUT2D eigenvalue weighted by Gasteiger charge is 2.49. The van der Waals surface area contributed by atoms with Gasteiger partial charge in [0.25, 0.3) is 0 Å². The first-order valence-electron chi connectivity index (χ1n) is 14.6. The molecule has 0 radical (unpaired) electrons. The summed E-state index contributed by atoms with van der Waals surface area (Å²) in [6, 6.07) is 50.9. The highest BCUT2D eigenvalue weighted by Crippen LogP contribution is 2.60. The second-order valence-electron chi connectivity index (χ2n) is 11.6. The summed E-state index contributed by atoms with van der Waals surface area (Å²) in [5.74, 6) is 0.542. The van der Waals surface area contributed by atoms with Crippen LogP contribution in [0.3, 0.4) is 0 Å². The topological polar surface area (TPSA) is 40.5 Å². The average Bonchev–Trinajstić information content (AvgIpc) is 3.50. The highest BCUT2D eigenvalue weighted by atomic mass is 16.3. The molecule has 6 aromatic carbocycles. The van der Waals surface area contributed by atoms with Gasteiger partial charge in [0.2, 0.25) is 0 Å². The lowest BCUT2D eigenvalue weighted by molar-refractivity contribution is 0.456. The van der Waals surface area contributed by atoms with Gasteiger partial charge in [-0.25, -0.2) is 0 Å². The van der Waals surface area contributed by atoms with Gasteiger partial charge in [-0.2, -0.15) is 0 Å². The van der Waals surface area contributed by atoms with Gasteiger partial charge in [0, 0.05) is 10.8 Å². The fourth-order valence-corrected chi connectivity index (χ4v) is 7.97. The summed E-state index contributed by atoms with van der Waals surface area (Å²) in [7, 11) is 0. The van der Waals surface area contributed by atoms with Crippen LogP contribution < -0.4 is 0 Å². The fourth-order valence-electron chi connectivity index (χ4n) is 7.97. The molecule has 0 saturated heterocycles. The first-order chi connectivity index (χ1) is 20.6. The van der Waals surface area contributed by atoms with Crippen molar-refractivity contribution in [3.05, 3.63) is 179 Å². The molecular formula is C40H30O2. The Balaban J connectivity index is 1.40. The molecule has 42 heavy (non-hydrogen) atoms. The lowest BCUT2D eigenvalue weighted by Crippen LogP contribution is -2.33. The van der Waals surface area contributed by atoms with Crippen molar-refractivity contribution in [3.8, 4) is 33.8 Å². The van der Waals surface area contributed by atoms with Crippen LogP contribution in [0.2, 0.25) is 0 Å². The molecule has 202 valence electrons. The Bertz CT molecular complexity index is 1710. The smallest absolute Gasteiger partial charge is 0.115 e. The molecular weight excluding hydrogens is 512 g/mol. The Morgan fingerprint density at radius 1 is 0.333 bits per heavy atom. The van der Waals surface area contributed by atoms with Crippen molar-refractivity contribution < 1.29 is 10.2 Å². The lowest BCUT2D eigenvalue weighted by Gasteiger charge is -2.39. The average molecular weight is 543 g/mol. The standard InChI is InChI=1S/C40H30O2/c41-29-21-17-27(18-22-29)39(35-13-5-1-9-31(35)32-10-2-6-14-36(32)39)25-26-40(28-19-23-30(42)24-20-28)37-15-7-3-11-33(37)34-12-4-8-16-38(34)40/h1-24,41-42H,25-26H2. The number of rotatable bonds is 5. The monoisotopic (exact) mass is 542 g/mol. The van der Waals surface area contributed by atoms with Crippen molar-refractivity contribution >= 4 is 0 Å². The summed E-state index contributed by atoms with van der Waals surface area (Å²) in [6.07, 6.45) is 1.69. The molecule has 0 aliphatic heterocycles. The summed E-state index contributed by atoms with van der Waals surface area (Å²) in [6.45, 7) is 0. The molecule has 0 unspecified atom stereocenters. The second-order valence-corrected chi connectivity index (χ2v) is 11.6. The number of hydrogen-bond donors (Lipinski definition) is 2. The van der Waals surface area contributed by atoms with Crippen LogP contribution in [0.25, 0.3) is 22.3 Å². The van der Waals surface area contributed by atoms with Crippen molar-refractivity contribution in [1.82, 2.24) is 0 Å². The molecule has 2 N–H and O–H groups in total. The maximum atomic E-state index is 10.3. The van der Waals surface area contributed by atoms with Crippen LogP contribution in [0.1, 0.15) is 46.2 Å².